The van der Waals surface area contributed by atoms with E-state index < -0.39 is 37.9 Å². The lowest BCUT2D eigenvalue weighted by Gasteiger charge is -2.22. The van der Waals surface area contributed by atoms with Crippen LogP contribution < -0.4 is 0 Å². The van der Waals surface area contributed by atoms with Crippen LogP contribution in [0.5, 0.6) is 40.2 Å². The van der Waals surface area contributed by atoms with E-state index in [4.69, 9.17) is 65.6 Å². The van der Waals surface area contributed by atoms with Crippen LogP contribution in [0.2, 0.25) is 0 Å². The molecule has 20 heteroatoms. The second-order valence-corrected chi connectivity index (χ2v) is 22.0. The van der Waals surface area contributed by atoms with Crippen molar-refractivity contribution in [1.82, 2.24) is 0 Å². The standard InChI is InChI=1S/2C14H14O3.C14H22O2.C11H16O2.C10H14O6.C9H12O4/c15-8-10-6-12(9-16)14(17)13(7-10)11-4-2-1-3-5-11;15-8-12-6-11(7-13(9-16)14(12)17)10-4-2-1-3-5-10;1-6-10-7-12(14(2,3)4)8-11(9-16-5)13(10)15;1-4-9-5-8(2)6-10(7-13-3)11(9)12;11-1-5-6(2-12)10(16)8(4-14)7(3-13)9(5)15;10-3-6-1-7(4-11)9(13)8(2-6)5-12/h2*1-7,15-17H,8-9H2;7-8,15H,6,9H2,1-5H3;5-6,12H,4,7H2,1-3H3;11-16H,1-4H2;1-2,10-13H,3-5H2. The van der Waals surface area contributed by atoms with Crippen LogP contribution in [0.4, 0.5) is 0 Å². The molecule has 0 aromatic heterocycles. The largest absolute Gasteiger partial charge is 0.507 e. The van der Waals surface area contributed by atoms with E-state index in [0.717, 1.165) is 51.8 Å². The normalized spacial score (nSPS) is 10.7. The van der Waals surface area contributed by atoms with E-state index in [2.05, 4.69) is 33.8 Å². The molecule has 8 rings (SSSR count). The van der Waals surface area contributed by atoms with Gasteiger partial charge >= 0.3 is 0 Å². The third-order valence-corrected chi connectivity index (χ3v) is 14.7. The molecule has 0 spiro atoms. The molecule has 500 valence electrons. The Kier molecular flexibility index (Phi) is 33.3. The third kappa shape index (κ3) is 21.5. The summed E-state index contributed by atoms with van der Waals surface area (Å²) in [4.78, 5) is 0. The minimum Gasteiger partial charge on any atom is -0.507 e. The van der Waals surface area contributed by atoms with Gasteiger partial charge in [-0.3, -0.25) is 0 Å². The average Bonchev–Trinajstić information content (AvgIpc) is 0.853. The fraction of sp³-hybridized carbons (Fsp3) is 0.333. The summed E-state index contributed by atoms with van der Waals surface area (Å²) < 4.78 is 10.1. The lowest BCUT2D eigenvalue weighted by molar-refractivity contribution is 0.181. The van der Waals surface area contributed by atoms with Crippen LogP contribution >= 0.6 is 0 Å². The maximum Gasteiger partial charge on any atom is 0.128 e. The quantitative estimate of drug-likeness (QED) is 0.0336. The third-order valence-electron chi connectivity index (χ3n) is 14.7. The van der Waals surface area contributed by atoms with Gasteiger partial charge in [0.15, 0.2) is 0 Å². The maximum absolute atomic E-state index is 10.0. The smallest absolute Gasteiger partial charge is 0.128 e. The maximum atomic E-state index is 10.0. The number of phenolic OH excluding ortho intramolecular Hbond substituents is 2. The molecule has 0 heterocycles. The zero-order chi connectivity index (χ0) is 68.8. The van der Waals surface area contributed by atoms with Crippen molar-refractivity contribution in [3.63, 3.8) is 0 Å². The summed E-state index contributed by atoms with van der Waals surface area (Å²) >= 11 is 0. The van der Waals surface area contributed by atoms with Crippen molar-refractivity contribution in [2.45, 2.75) is 146 Å². The highest BCUT2D eigenvalue weighted by atomic mass is 16.5. The van der Waals surface area contributed by atoms with Crippen molar-refractivity contribution in [2.24, 2.45) is 0 Å². The average molecular weight is 1280 g/mol. The highest BCUT2D eigenvalue weighted by Gasteiger charge is 2.22. The van der Waals surface area contributed by atoms with Crippen molar-refractivity contribution >= 4 is 0 Å². The zero-order valence-corrected chi connectivity index (χ0v) is 53.5. The molecular formula is C72H92O20. The summed E-state index contributed by atoms with van der Waals surface area (Å²) in [5.74, 6) is -0.146. The Hall–Kier alpha value is -8.16. The van der Waals surface area contributed by atoms with Crippen molar-refractivity contribution in [2.75, 3.05) is 14.2 Å². The molecule has 0 saturated heterocycles. The lowest BCUT2D eigenvalue weighted by atomic mass is 9.84. The molecule has 0 aliphatic rings. The molecule has 0 atom stereocenters. The minimum absolute atomic E-state index is 0.0327. The molecule has 0 amide bonds. The number of aliphatic hydroxyl groups is 11. The monoisotopic (exact) mass is 1280 g/mol. The van der Waals surface area contributed by atoms with Gasteiger partial charge in [-0.15, -0.1) is 0 Å². The first-order valence-corrected chi connectivity index (χ1v) is 29.5. The summed E-state index contributed by atoms with van der Waals surface area (Å²) in [6.45, 7) is 9.54. The number of aryl methyl sites for hydroxylation is 3. The van der Waals surface area contributed by atoms with E-state index in [1.807, 2.05) is 92.7 Å². The van der Waals surface area contributed by atoms with E-state index in [1.54, 1.807) is 38.5 Å². The molecule has 20 nitrogen and oxygen atoms in total. The molecule has 0 saturated carbocycles. The Balaban J connectivity index is 0.000000289. The van der Waals surface area contributed by atoms with E-state index >= 15 is 0 Å². The van der Waals surface area contributed by atoms with Gasteiger partial charge in [0.05, 0.1) is 85.9 Å². The summed E-state index contributed by atoms with van der Waals surface area (Å²) in [5.41, 5.74) is 12.5. The van der Waals surface area contributed by atoms with Crippen LogP contribution in [0.3, 0.4) is 0 Å². The first kappa shape index (κ1) is 78.1. The predicted molar refractivity (Wildman–Crippen MR) is 350 cm³/mol. The Bertz CT molecular complexity index is 3420. The molecule has 0 bridgehead atoms. The van der Waals surface area contributed by atoms with Crippen molar-refractivity contribution in [3.8, 4) is 62.5 Å². The van der Waals surface area contributed by atoms with Gasteiger partial charge in [0.2, 0.25) is 0 Å². The van der Waals surface area contributed by atoms with Gasteiger partial charge in [-0.2, -0.15) is 0 Å². The van der Waals surface area contributed by atoms with Crippen LogP contribution in [-0.2, 0) is 114 Å². The number of benzene rings is 8. The molecule has 8 aromatic carbocycles. The number of hydrogen-bond acceptors (Lipinski definition) is 20. The first-order chi connectivity index (χ1) is 43.9. The lowest BCUT2D eigenvalue weighted by Crippen LogP contribution is -2.12. The molecule has 0 radical (unpaired) electrons. The van der Waals surface area contributed by atoms with Crippen LogP contribution in [0.25, 0.3) is 22.3 Å². The van der Waals surface area contributed by atoms with Crippen LogP contribution in [0, 0.1) is 6.92 Å². The minimum atomic E-state index is -0.589. The topological polar surface area (TPSA) is 383 Å². The Morgan fingerprint density at radius 3 is 0.978 bits per heavy atom. The van der Waals surface area contributed by atoms with Crippen LogP contribution in [0.1, 0.15) is 129 Å². The van der Waals surface area contributed by atoms with Gasteiger partial charge in [0, 0.05) is 81.0 Å². The summed E-state index contributed by atoms with van der Waals surface area (Å²) in [5, 5.41) is 168. The number of methoxy groups -OCH3 is 2. The number of aromatic hydroxyl groups is 7. The number of phenols is 7. The zero-order valence-electron chi connectivity index (χ0n) is 53.5. The SMILES string of the molecule is CCc1cc(C(C)(C)C)cc(COC)c1O.CCc1cc(C)cc(COC)c1O.OCc1c(O)c(CO)c(CO)c(O)c1CO.OCc1cc(-c2ccccc2)cc(CO)c1O.OCc1cc(CO)c(O)c(-c2ccccc2)c1.OCc1cc(CO)c(O)c(CO)c1. The molecule has 92 heavy (non-hydrogen) atoms. The fourth-order valence-corrected chi connectivity index (χ4v) is 9.59. The van der Waals surface area contributed by atoms with Crippen LogP contribution in [0.15, 0.2) is 121 Å². The van der Waals surface area contributed by atoms with E-state index in [1.165, 1.54) is 23.3 Å². The highest BCUT2D eigenvalue weighted by molar-refractivity contribution is 5.73. The van der Waals surface area contributed by atoms with E-state index in [9.17, 15) is 35.7 Å². The number of ether oxygens (including phenoxy) is 2. The van der Waals surface area contributed by atoms with Crippen molar-refractivity contribution in [1.29, 1.82) is 0 Å². The van der Waals surface area contributed by atoms with Crippen LogP contribution in [-0.4, -0.2) is 106 Å². The number of aliphatic hydroxyl groups excluding tert-OH is 11. The molecule has 18 N–H and O–H groups in total. The van der Waals surface area contributed by atoms with Gasteiger partial charge in [0.25, 0.3) is 0 Å². The van der Waals surface area contributed by atoms with Crippen molar-refractivity contribution in [3.05, 3.63) is 216 Å². The number of hydrogen-bond donors (Lipinski definition) is 18. The molecule has 0 fully saturated rings. The van der Waals surface area contributed by atoms with E-state index in [-0.39, 0.29) is 91.2 Å². The Labute approximate surface area is 537 Å². The Morgan fingerprint density at radius 2 is 0.630 bits per heavy atom. The van der Waals surface area contributed by atoms with Gasteiger partial charge in [-0.25, -0.2) is 0 Å². The molecular weight excluding hydrogens is 1180 g/mol. The second kappa shape index (κ2) is 39.3. The summed E-state index contributed by atoms with van der Waals surface area (Å²) in [6, 6.07) is 36.9. The second-order valence-electron chi connectivity index (χ2n) is 22.0. The molecule has 8 aromatic rings. The first-order valence-electron chi connectivity index (χ1n) is 29.5. The predicted octanol–water partition coefficient (Wildman–Crippen LogP) is 8.83. The summed E-state index contributed by atoms with van der Waals surface area (Å²) in [7, 11) is 3.28. The molecule has 0 aliphatic carbocycles. The summed E-state index contributed by atoms with van der Waals surface area (Å²) in [6.07, 6.45) is 1.69. The molecule has 0 unspecified atom stereocenters. The number of rotatable bonds is 19. The van der Waals surface area contributed by atoms with Gasteiger partial charge in [0.1, 0.15) is 40.2 Å². The Morgan fingerprint density at radius 1 is 0.315 bits per heavy atom. The van der Waals surface area contributed by atoms with Gasteiger partial charge in [-0.1, -0.05) is 119 Å². The van der Waals surface area contributed by atoms with E-state index in [0.29, 0.717) is 69.2 Å². The van der Waals surface area contributed by atoms with Crippen molar-refractivity contribution < 1.29 is 101 Å². The molecule has 0 aliphatic heterocycles. The fourth-order valence-electron chi connectivity index (χ4n) is 9.59. The van der Waals surface area contributed by atoms with Gasteiger partial charge in [-0.05, 0) is 112 Å². The highest BCUT2D eigenvalue weighted by Crippen LogP contribution is 2.39. The van der Waals surface area contributed by atoms with Gasteiger partial charge < -0.3 is 101 Å².